The van der Waals surface area contributed by atoms with Gasteiger partial charge in [-0.3, -0.25) is 29.2 Å². The number of carbonyl (C=O) groups excluding carboxylic acids is 5. The highest BCUT2D eigenvalue weighted by atomic mass is 32.2. The predicted octanol–water partition coefficient (Wildman–Crippen LogP) is 4.06. The van der Waals surface area contributed by atoms with Crippen LogP contribution in [0.4, 0.5) is 4.79 Å². The molecule has 0 bridgehead atoms. The van der Waals surface area contributed by atoms with Crippen molar-refractivity contribution < 1.29 is 45.5 Å². The molecule has 6 heterocycles. The Hall–Kier alpha value is -5.41. The van der Waals surface area contributed by atoms with E-state index in [2.05, 4.69) is 25.9 Å². The maximum Gasteiger partial charge on any atom is 0.410 e. The van der Waals surface area contributed by atoms with Crippen molar-refractivity contribution in [2.75, 3.05) is 26.2 Å². The van der Waals surface area contributed by atoms with E-state index < -0.39 is 61.1 Å². The van der Waals surface area contributed by atoms with Crippen LogP contribution in [0.25, 0.3) is 0 Å². The van der Waals surface area contributed by atoms with Gasteiger partial charge in [0.05, 0.1) is 9.79 Å². The van der Waals surface area contributed by atoms with Gasteiger partial charge in [0.1, 0.15) is 29.0 Å². The number of benzene rings is 2. The molecule has 2 spiro atoms. The number of nitrogens with zero attached hydrogens (tertiary/aromatic N) is 5. The summed E-state index contributed by atoms with van der Waals surface area (Å²) in [5.41, 5.74) is -0.579. The van der Waals surface area contributed by atoms with Crippen molar-refractivity contribution in [1.29, 1.82) is 0 Å². The molecule has 2 atom stereocenters. The predicted molar refractivity (Wildman–Crippen MR) is 241 cm³/mol. The van der Waals surface area contributed by atoms with Crippen LogP contribution >= 0.6 is 0 Å². The molecule has 4 saturated heterocycles. The van der Waals surface area contributed by atoms with E-state index in [1.54, 1.807) is 33.2 Å². The van der Waals surface area contributed by atoms with Crippen LogP contribution in [0.3, 0.4) is 0 Å². The number of sulfonamides is 2. The summed E-state index contributed by atoms with van der Waals surface area (Å²) in [4.78, 5) is 72.1. The van der Waals surface area contributed by atoms with Gasteiger partial charge in [-0.25, -0.2) is 21.6 Å². The van der Waals surface area contributed by atoms with Gasteiger partial charge in [0.25, 0.3) is 0 Å². The average Bonchev–Trinajstić information content (AvgIpc) is 4.07. The molecule has 3 N–H and O–H groups in total. The molecule has 0 aromatic heterocycles. The van der Waals surface area contributed by atoms with E-state index >= 15 is 0 Å². The molecule has 348 valence electrons. The number of hydrogen-bond donors (Lipinski definition) is 3. The number of Topliss-reactive ketones (excluding diaryl/α,β-unsaturated/α-hetero) is 2. The van der Waals surface area contributed by atoms with Gasteiger partial charge < -0.3 is 25.6 Å². The molecule has 8 rings (SSSR count). The Morgan fingerprint density at radius 2 is 1.08 bits per heavy atom. The lowest BCUT2D eigenvalue weighted by atomic mass is 9.97. The van der Waals surface area contributed by atoms with Crippen LogP contribution in [0.1, 0.15) is 107 Å². The molecule has 0 radical (unpaired) electrons. The van der Waals surface area contributed by atoms with Crippen LogP contribution in [-0.4, -0.2) is 127 Å². The first-order valence-corrected chi connectivity index (χ1v) is 24.6. The Morgan fingerprint density at radius 3 is 1.43 bits per heavy atom. The lowest BCUT2D eigenvalue weighted by Crippen LogP contribution is -2.61. The summed E-state index contributed by atoms with van der Waals surface area (Å²) < 4.78 is 63.5. The minimum Gasteiger partial charge on any atom is -0.444 e. The zero-order chi connectivity index (χ0) is 47.0. The molecule has 18 nitrogen and oxygen atoms in total. The van der Waals surface area contributed by atoms with Gasteiger partial charge in [-0.05, 0) is 84.8 Å². The Labute approximate surface area is 379 Å². The Morgan fingerprint density at radius 1 is 0.677 bits per heavy atom. The van der Waals surface area contributed by atoms with Crippen LogP contribution in [-0.2, 0) is 34.4 Å². The second kappa shape index (κ2) is 18.5. The van der Waals surface area contributed by atoms with Gasteiger partial charge in [0, 0.05) is 86.6 Å². The third-order valence-corrected chi connectivity index (χ3v) is 16.3. The van der Waals surface area contributed by atoms with Crippen LogP contribution in [0.2, 0.25) is 0 Å². The fourth-order valence-corrected chi connectivity index (χ4v) is 12.9. The van der Waals surface area contributed by atoms with E-state index in [4.69, 9.17) is 4.74 Å². The minimum atomic E-state index is -4.15. The zero-order valence-corrected chi connectivity index (χ0v) is 38.8. The Balaban J connectivity index is 0.000000198. The van der Waals surface area contributed by atoms with Crippen molar-refractivity contribution in [3.8, 4) is 0 Å². The average molecular weight is 933 g/mol. The number of rotatable bonds is 10. The smallest absolute Gasteiger partial charge is 0.410 e. The molecule has 65 heavy (non-hydrogen) atoms. The highest BCUT2D eigenvalue weighted by molar-refractivity contribution is 7.89. The van der Waals surface area contributed by atoms with E-state index in [9.17, 15) is 40.8 Å². The van der Waals surface area contributed by atoms with Crippen molar-refractivity contribution in [2.24, 2.45) is 9.98 Å². The summed E-state index contributed by atoms with van der Waals surface area (Å²) in [5.74, 6) is -0.996. The maximum absolute atomic E-state index is 14.0. The van der Waals surface area contributed by atoms with E-state index in [1.807, 2.05) is 12.2 Å². The SMILES string of the molecule is CC(=O)c1ccc(S(=O)(=O)N2C(CC3=CCC=N3)C(=O)NC23CCN(C(=O)OC(C)(C)C)CC3)cc1.CC(=O)c1ccc(S(=O)(=O)N2C(CC3=CCC=N3)C(=O)NC23CCNCC3)cc1. The minimum absolute atomic E-state index is 0.00755. The normalized spacial score (nSPS) is 22.9. The molecule has 6 aliphatic rings. The number of allylic oxidation sites excluding steroid dienone is 2. The van der Waals surface area contributed by atoms with Crippen LogP contribution in [0.5, 0.6) is 0 Å². The van der Waals surface area contributed by atoms with Crippen molar-refractivity contribution in [2.45, 2.75) is 125 Å². The Bertz CT molecular complexity index is 2570. The van der Waals surface area contributed by atoms with Gasteiger partial charge in [0.2, 0.25) is 31.9 Å². The van der Waals surface area contributed by atoms with Crippen molar-refractivity contribution in [3.05, 3.63) is 83.2 Å². The second-order valence-corrected chi connectivity index (χ2v) is 21.6. The molecule has 3 amide bonds. The van der Waals surface area contributed by atoms with Crippen molar-refractivity contribution in [1.82, 2.24) is 29.5 Å². The number of likely N-dealkylation sites (tertiary alicyclic amines) is 1. The van der Waals surface area contributed by atoms with E-state index in [0.29, 0.717) is 55.6 Å². The molecule has 0 saturated carbocycles. The number of ether oxygens (including phenoxy) is 1. The van der Waals surface area contributed by atoms with Gasteiger partial charge >= 0.3 is 6.09 Å². The van der Waals surface area contributed by atoms with Gasteiger partial charge in [0.15, 0.2) is 11.6 Å². The highest BCUT2D eigenvalue weighted by Crippen LogP contribution is 2.41. The third kappa shape index (κ3) is 9.91. The number of amides is 3. The number of piperidine rings is 2. The summed E-state index contributed by atoms with van der Waals surface area (Å²) in [6, 6.07) is 9.77. The maximum atomic E-state index is 14.0. The fourth-order valence-electron chi connectivity index (χ4n) is 9.05. The van der Waals surface area contributed by atoms with Crippen LogP contribution < -0.4 is 16.0 Å². The van der Waals surface area contributed by atoms with E-state index in [1.165, 1.54) is 75.9 Å². The lowest BCUT2D eigenvalue weighted by molar-refractivity contribution is -0.122. The number of ketones is 2. The summed E-state index contributed by atoms with van der Waals surface area (Å²) in [6.07, 6.45) is 9.89. The molecule has 4 fully saturated rings. The first-order valence-electron chi connectivity index (χ1n) is 21.7. The van der Waals surface area contributed by atoms with E-state index in [-0.39, 0.29) is 66.0 Å². The summed E-state index contributed by atoms with van der Waals surface area (Å²) >= 11 is 0. The largest absolute Gasteiger partial charge is 0.444 e. The Kier molecular flexibility index (Phi) is 13.5. The standard InChI is InChI=1S/C25H32N4O6S.C20H24N4O4S/c1-17(30)18-7-9-20(10-8-18)36(33,34)29-21(16-19-6-5-13-26-19)22(31)27-25(29)11-14-28(15-12-25)23(32)35-24(2,3)4;1-14(25)15-4-6-17(7-5-15)29(27,28)24-18(13-16-3-2-10-22-16)19(26)23-20(24)8-11-21-12-9-20/h6-10,13,21H,5,11-12,14-16H2,1-4H3,(H,27,31);3-7,10,18,21H,2,8-9,11-13H2,1H3,(H,23,26). The number of nitrogens with one attached hydrogen (secondary N) is 3. The van der Waals surface area contributed by atoms with Crippen molar-refractivity contribution >= 4 is 61.9 Å². The summed E-state index contributed by atoms with van der Waals surface area (Å²) in [6.45, 7) is 9.86. The molecule has 20 heteroatoms. The summed E-state index contributed by atoms with van der Waals surface area (Å²) in [7, 11) is -8.14. The van der Waals surface area contributed by atoms with Crippen LogP contribution in [0, 0.1) is 0 Å². The topological polar surface area (TPSA) is 233 Å². The van der Waals surface area contributed by atoms with Gasteiger partial charge in [-0.1, -0.05) is 36.4 Å². The number of aliphatic imine (C=N–C) groups is 2. The molecule has 2 aromatic carbocycles. The zero-order valence-electron chi connectivity index (χ0n) is 37.2. The third-order valence-electron chi connectivity index (χ3n) is 12.3. The number of carbonyl (C=O) groups is 5. The van der Waals surface area contributed by atoms with Gasteiger partial charge in [-0.15, -0.1) is 0 Å². The molecule has 0 aliphatic carbocycles. The van der Waals surface area contributed by atoms with Gasteiger partial charge in [-0.2, -0.15) is 8.61 Å². The monoisotopic (exact) mass is 932 g/mol. The fraction of sp³-hybridized carbons (Fsp3) is 0.489. The van der Waals surface area contributed by atoms with E-state index in [0.717, 1.165) is 5.70 Å². The molecule has 2 aromatic rings. The quantitative estimate of drug-likeness (QED) is 0.288. The van der Waals surface area contributed by atoms with Crippen LogP contribution in [0.15, 0.2) is 91.9 Å². The first-order chi connectivity index (χ1) is 30.7. The molecular formula is C45H56N8O10S2. The number of hydrogen-bond acceptors (Lipinski definition) is 13. The molecule has 2 unspecified atom stereocenters. The lowest BCUT2D eigenvalue weighted by Gasteiger charge is -2.44. The molecule has 6 aliphatic heterocycles. The molecular weight excluding hydrogens is 877 g/mol. The second-order valence-electron chi connectivity index (χ2n) is 17.9. The first kappa shape index (κ1) is 47.5. The summed E-state index contributed by atoms with van der Waals surface area (Å²) in [5, 5.41) is 9.16. The van der Waals surface area contributed by atoms with Crippen molar-refractivity contribution in [3.63, 3.8) is 0 Å². The highest BCUT2D eigenvalue weighted by Gasteiger charge is 2.59.